The quantitative estimate of drug-likeness (QED) is 0.199. The van der Waals surface area contributed by atoms with Crippen molar-refractivity contribution < 1.29 is 31.1 Å². The molecular formula is C28H34F6O. The summed E-state index contributed by atoms with van der Waals surface area (Å²) < 4.78 is 84.7. The summed E-state index contributed by atoms with van der Waals surface area (Å²) in [5, 5.41) is -0.801. The Bertz CT molecular complexity index is 1020. The lowest BCUT2D eigenvalue weighted by Crippen LogP contribution is -2.30. The van der Waals surface area contributed by atoms with Crippen molar-refractivity contribution in [1.29, 1.82) is 0 Å². The van der Waals surface area contributed by atoms with Crippen molar-refractivity contribution >= 4 is 10.8 Å². The summed E-state index contributed by atoms with van der Waals surface area (Å²) in [5.74, 6) is -4.53. The molecule has 2 saturated carbocycles. The van der Waals surface area contributed by atoms with Crippen LogP contribution in [-0.2, 0) is 0 Å². The Labute approximate surface area is 203 Å². The minimum atomic E-state index is -5.22. The summed E-state index contributed by atoms with van der Waals surface area (Å²) in [6.45, 7) is 2.23. The summed E-state index contributed by atoms with van der Waals surface area (Å²) in [5.41, 5.74) is 0.761. The second-order valence-electron chi connectivity index (χ2n) is 10.5. The van der Waals surface area contributed by atoms with Crippen molar-refractivity contribution in [2.45, 2.75) is 96.3 Å². The van der Waals surface area contributed by atoms with Crippen LogP contribution in [0.3, 0.4) is 0 Å². The van der Waals surface area contributed by atoms with Gasteiger partial charge in [0.25, 0.3) is 0 Å². The van der Waals surface area contributed by atoms with Crippen molar-refractivity contribution in [1.82, 2.24) is 0 Å². The van der Waals surface area contributed by atoms with Crippen LogP contribution in [0.2, 0.25) is 0 Å². The van der Waals surface area contributed by atoms with Gasteiger partial charge in [-0.25, -0.2) is 8.78 Å². The van der Waals surface area contributed by atoms with Gasteiger partial charge in [0.05, 0.1) is 0 Å². The smallest absolute Gasteiger partial charge is 0.402 e. The first-order chi connectivity index (χ1) is 16.7. The van der Waals surface area contributed by atoms with Crippen LogP contribution < -0.4 is 4.74 Å². The largest absolute Gasteiger partial charge is 0.573 e. The van der Waals surface area contributed by atoms with Crippen molar-refractivity contribution in [3.05, 3.63) is 41.2 Å². The van der Waals surface area contributed by atoms with Crippen LogP contribution in [0.25, 0.3) is 10.8 Å². The van der Waals surface area contributed by atoms with E-state index in [0.717, 1.165) is 30.7 Å². The van der Waals surface area contributed by atoms with Crippen LogP contribution in [0, 0.1) is 35.2 Å². The average Bonchev–Trinajstić information content (AvgIpc) is 2.84. The van der Waals surface area contributed by atoms with Gasteiger partial charge in [0.1, 0.15) is 0 Å². The number of halogens is 6. The zero-order valence-corrected chi connectivity index (χ0v) is 20.2. The van der Waals surface area contributed by atoms with E-state index in [4.69, 9.17) is 0 Å². The highest BCUT2D eigenvalue weighted by Crippen LogP contribution is 2.49. The molecule has 0 bridgehead atoms. The van der Waals surface area contributed by atoms with Crippen LogP contribution in [0.5, 0.6) is 5.75 Å². The lowest BCUT2D eigenvalue weighted by Gasteiger charge is -2.42. The molecule has 2 aliphatic rings. The molecule has 4 unspecified atom stereocenters. The molecule has 2 aromatic rings. The van der Waals surface area contributed by atoms with Gasteiger partial charge in [-0.15, -0.1) is 13.2 Å². The van der Waals surface area contributed by atoms with Crippen LogP contribution >= 0.6 is 0 Å². The highest BCUT2D eigenvalue weighted by molar-refractivity contribution is 5.90. The number of hydrogen-bond acceptors (Lipinski definition) is 1. The van der Waals surface area contributed by atoms with Crippen molar-refractivity contribution in [3.8, 4) is 5.75 Å². The topological polar surface area (TPSA) is 9.23 Å². The Kier molecular flexibility index (Phi) is 8.22. The minimum Gasteiger partial charge on any atom is -0.402 e. The zero-order chi connectivity index (χ0) is 25.2. The Balaban J connectivity index is 1.45. The number of ether oxygens (including phenoxy) is 1. The molecule has 2 aromatic carbocycles. The summed E-state index contributed by atoms with van der Waals surface area (Å²) in [6, 6.07) is 4.21. The summed E-state index contributed by atoms with van der Waals surface area (Å²) in [7, 11) is 0. The van der Waals surface area contributed by atoms with Gasteiger partial charge in [0.2, 0.25) is 5.82 Å². The summed E-state index contributed by atoms with van der Waals surface area (Å²) in [6.07, 6.45) is 9.21. The van der Waals surface area contributed by atoms with Crippen molar-refractivity contribution in [3.63, 3.8) is 0 Å². The molecule has 4 rings (SSSR count). The third-order valence-electron chi connectivity index (χ3n) is 8.24. The van der Waals surface area contributed by atoms with Gasteiger partial charge < -0.3 is 4.74 Å². The monoisotopic (exact) mass is 500 g/mol. The fourth-order valence-electron chi connectivity index (χ4n) is 6.43. The van der Waals surface area contributed by atoms with E-state index in [-0.39, 0.29) is 11.3 Å². The molecule has 0 heterocycles. The van der Waals surface area contributed by atoms with Gasteiger partial charge in [-0.3, -0.25) is 0 Å². The lowest BCUT2D eigenvalue weighted by molar-refractivity contribution is -0.275. The van der Waals surface area contributed by atoms with E-state index in [0.29, 0.717) is 11.8 Å². The predicted octanol–water partition coefficient (Wildman–Crippen LogP) is 9.82. The van der Waals surface area contributed by atoms with Gasteiger partial charge in [0.15, 0.2) is 17.4 Å². The molecule has 0 radical (unpaired) electrons. The molecule has 7 heteroatoms. The van der Waals surface area contributed by atoms with Crippen molar-refractivity contribution in [2.24, 2.45) is 17.8 Å². The Morgan fingerprint density at radius 3 is 2.26 bits per heavy atom. The van der Waals surface area contributed by atoms with Crippen LogP contribution in [-0.4, -0.2) is 6.36 Å². The molecule has 0 spiro atoms. The fourth-order valence-corrected chi connectivity index (χ4v) is 6.43. The number of hydrogen-bond donors (Lipinski definition) is 0. The summed E-state index contributed by atoms with van der Waals surface area (Å²) >= 11 is 0. The van der Waals surface area contributed by atoms with E-state index in [1.807, 2.05) is 0 Å². The van der Waals surface area contributed by atoms with Gasteiger partial charge in [-0.05, 0) is 67.4 Å². The van der Waals surface area contributed by atoms with Crippen LogP contribution in [0.4, 0.5) is 26.3 Å². The second-order valence-corrected chi connectivity index (χ2v) is 10.5. The van der Waals surface area contributed by atoms with E-state index in [1.165, 1.54) is 69.9 Å². The van der Waals surface area contributed by atoms with Gasteiger partial charge in [-0.2, -0.15) is 4.39 Å². The minimum absolute atomic E-state index is 0.130. The Morgan fingerprint density at radius 1 is 0.800 bits per heavy atom. The molecule has 0 saturated heterocycles. The lowest BCUT2D eigenvalue weighted by atomic mass is 9.63. The third-order valence-corrected chi connectivity index (χ3v) is 8.24. The van der Waals surface area contributed by atoms with E-state index in [2.05, 4.69) is 11.7 Å². The Morgan fingerprint density at radius 2 is 1.51 bits per heavy atom. The molecule has 35 heavy (non-hydrogen) atoms. The fraction of sp³-hybridized carbons (Fsp3) is 0.643. The Hall–Kier alpha value is -1.92. The number of unbranched alkanes of at least 4 members (excludes halogenated alkanes) is 4. The molecule has 0 amide bonds. The van der Waals surface area contributed by atoms with Gasteiger partial charge >= 0.3 is 6.36 Å². The van der Waals surface area contributed by atoms with E-state index < -0.39 is 34.9 Å². The normalized spacial score (nSPS) is 25.0. The molecule has 0 aromatic heterocycles. The van der Waals surface area contributed by atoms with Crippen LogP contribution in [0.15, 0.2) is 18.2 Å². The number of benzene rings is 2. The molecule has 4 atom stereocenters. The number of fused-ring (bicyclic) bond motifs is 2. The standard InChI is InChI=1S/C28H34F6O/c1-2-3-4-5-6-7-17-8-9-19-15-20(11-10-18(19)14-17)21-12-13-22-23(16-21)24(29)25(30)26(31)27(22)35-28(32,33)34/h12-13,16-20H,2-11,14-15H2,1H3. The van der Waals surface area contributed by atoms with E-state index >= 15 is 0 Å². The average molecular weight is 501 g/mol. The van der Waals surface area contributed by atoms with Gasteiger partial charge in [-0.1, -0.05) is 64.0 Å². The maximum atomic E-state index is 14.5. The SMILES string of the molecule is CCCCCCCC1CCC2CC(c3ccc4c(OC(F)(F)F)c(F)c(F)c(F)c4c3)CCC2C1. The number of alkyl halides is 3. The maximum absolute atomic E-state index is 14.5. The molecule has 194 valence electrons. The molecule has 2 aliphatic carbocycles. The van der Waals surface area contributed by atoms with Gasteiger partial charge in [0, 0.05) is 10.8 Å². The van der Waals surface area contributed by atoms with E-state index in [9.17, 15) is 26.3 Å². The first kappa shape index (κ1) is 26.2. The number of rotatable bonds is 8. The van der Waals surface area contributed by atoms with Crippen molar-refractivity contribution in [2.75, 3.05) is 0 Å². The highest BCUT2D eigenvalue weighted by Gasteiger charge is 2.37. The molecule has 1 nitrogen and oxygen atoms in total. The molecule has 0 N–H and O–H groups in total. The molecule has 0 aliphatic heterocycles. The third kappa shape index (κ3) is 6.08. The first-order valence-corrected chi connectivity index (χ1v) is 13.0. The first-order valence-electron chi connectivity index (χ1n) is 13.0. The summed E-state index contributed by atoms with van der Waals surface area (Å²) in [4.78, 5) is 0. The van der Waals surface area contributed by atoms with E-state index in [1.54, 1.807) is 6.07 Å². The van der Waals surface area contributed by atoms with Crippen LogP contribution in [0.1, 0.15) is 95.5 Å². The zero-order valence-electron chi connectivity index (χ0n) is 20.2. The highest BCUT2D eigenvalue weighted by atomic mass is 19.4. The molecule has 2 fully saturated rings. The second kappa shape index (κ2) is 11.0. The maximum Gasteiger partial charge on any atom is 0.573 e. The molecular weight excluding hydrogens is 466 g/mol. The predicted molar refractivity (Wildman–Crippen MR) is 125 cm³/mol.